The summed E-state index contributed by atoms with van der Waals surface area (Å²) in [5.41, 5.74) is 5.82. The van der Waals surface area contributed by atoms with E-state index in [9.17, 15) is 10.1 Å². The number of hydrogen-bond donors (Lipinski definition) is 2. The fraction of sp³-hybridized carbons (Fsp3) is 0.129. The van der Waals surface area contributed by atoms with Crippen molar-refractivity contribution in [2.45, 2.75) is 13.8 Å². The minimum Gasteiger partial charge on any atom is -0.493 e. The third kappa shape index (κ3) is 5.20. The van der Waals surface area contributed by atoms with Crippen LogP contribution in [0.2, 0.25) is 0 Å². The van der Waals surface area contributed by atoms with E-state index >= 15 is 0 Å². The maximum Gasteiger partial charge on any atom is 0.262 e. The number of nitrogens with one attached hydrogen (secondary N) is 2. The van der Waals surface area contributed by atoms with Crippen molar-refractivity contribution >= 4 is 45.0 Å². The van der Waals surface area contributed by atoms with Crippen LogP contribution in [0, 0.1) is 25.2 Å². The van der Waals surface area contributed by atoms with Crippen molar-refractivity contribution in [2.24, 2.45) is 0 Å². The molecule has 0 aliphatic rings. The van der Waals surface area contributed by atoms with E-state index in [1.54, 1.807) is 24.3 Å². The van der Waals surface area contributed by atoms with E-state index < -0.39 is 0 Å². The summed E-state index contributed by atoms with van der Waals surface area (Å²) < 4.78 is 11.2. The summed E-state index contributed by atoms with van der Waals surface area (Å²) in [6.45, 7) is 3.89. The predicted molar refractivity (Wildman–Crippen MR) is 150 cm³/mol. The van der Waals surface area contributed by atoms with Crippen molar-refractivity contribution in [3.63, 3.8) is 0 Å². The fourth-order valence-corrected chi connectivity index (χ4v) is 4.22. The summed E-state index contributed by atoms with van der Waals surface area (Å²) in [6, 6.07) is 25.2. The van der Waals surface area contributed by atoms with Gasteiger partial charge in [0.1, 0.15) is 11.9 Å². The number of anilines is 1. The molecular weight excluding hydrogens is 476 g/mol. The lowest BCUT2D eigenvalue weighted by molar-refractivity contribution is -0.118. The van der Waals surface area contributed by atoms with E-state index in [0.29, 0.717) is 28.6 Å². The Morgan fingerprint density at radius 1 is 1.00 bits per heavy atom. The molecule has 0 saturated heterocycles. The third-order valence-corrected chi connectivity index (χ3v) is 6.36. The van der Waals surface area contributed by atoms with Crippen molar-refractivity contribution < 1.29 is 14.3 Å². The zero-order valence-corrected chi connectivity index (χ0v) is 21.3. The quantitative estimate of drug-likeness (QED) is 0.250. The van der Waals surface area contributed by atoms with Crippen LogP contribution in [0.15, 0.2) is 72.8 Å². The molecular formula is C31H26N4O3. The molecule has 5 aromatic rings. The van der Waals surface area contributed by atoms with Gasteiger partial charge in [-0.15, -0.1) is 0 Å². The van der Waals surface area contributed by atoms with Gasteiger partial charge in [-0.05, 0) is 83.8 Å². The van der Waals surface area contributed by atoms with Gasteiger partial charge in [-0.2, -0.15) is 5.26 Å². The Balaban J connectivity index is 1.30. The number of carbonyl (C=O) groups excluding carboxylic acids is 1. The molecule has 2 N–H and O–H groups in total. The molecule has 0 radical (unpaired) electrons. The highest BCUT2D eigenvalue weighted by Crippen LogP contribution is 2.30. The van der Waals surface area contributed by atoms with Gasteiger partial charge in [0.15, 0.2) is 18.1 Å². The topological polar surface area (TPSA) is 100 Å². The number of carbonyl (C=O) groups is 1. The van der Waals surface area contributed by atoms with Crippen LogP contribution in [0.3, 0.4) is 0 Å². The maximum absolute atomic E-state index is 12.5. The van der Waals surface area contributed by atoms with E-state index in [0.717, 1.165) is 38.5 Å². The lowest BCUT2D eigenvalue weighted by Gasteiger charge is -2.12. The number of ether oxygens (including phenoxy) is 2. The molecule has 1 amide bonds. The van der Waals surface area contributed by atoms with Gasteiger partial charge >= 0.3 is 0 Å². The number of aromatic nitrogens is 2. The Morgan fingerprint density at radius 3 is 2.58 bits per heavy atom. The zero-order valence-electron chi connectivity index (χ0n) is 21.3. The molecule has 0 fully saturated rings. The van der Waals surface area contributed by atoms with E-state index in [1.165, 1.54) is 7.11 Å². The van der Waals surface area contributed by atoms with E-state index in [1.807, 2.05) is 68.4 Å². The number of fused-ring (bicyclic) bond motifs is 2. The van der Waals surface area contributed by atoms with Crippen LogP contribution in [-0.4, -0.2) is 29.6 Å². The molecule has 5 rings (SSSR count). The Hall–Kier alpha value is -5.09. The number of methoxy groups -OCH3 is 1. The average Bonchev–Trinajstić information content (AvgIpc) is 3.33. The number of hydrogen-bond acceptors (Lipinski definition) is 5. The molecule has 0 atom stereocenters. The third-order valence-electron chi connectivity index (χ3n) is 6.36. The number of nitriles is 1. The molecule has 0 aliphatic heterocycles. The Morgan fingerprint density at radius 2 is 1.79 bits per heavy atom. The van der Waals surface area contributed by atoms with Gasteiger partial charge < -0.3 is 19.8 Å². The summed E-state index contributed by atoms with van der Waals surface area (Å²) in [7, 11) is 1.53. The average molecular weight is 503 g/mol. The predicted octanol–water partition coefficient (Wildman–Crippen LogP) is 6.42. The first-order valence-corrected chi connectivity index (χ1v) is 12.1. The first-order valence-electron chi connectivity index (χ1n) is 12.1. The molecule has 0 saturated carbocycles. The number of benzene rings is 4. The Labute approximate surface area is 220 Å². The van der Waals surface area contributed by atoms with Crippen LogP contribution in [-0.2, 0) is 4.79 Å². The maximum atomic E-state index is 12.5. The molecule has 7 nitrogen and oxygen atoms in total. The second-order valence-electron chi connectivity index (χ2n) is 9.02. The second kappa shape index (κ2) is 10.5. The SMILES string of the molecule is COc1cc(/C=C(\C#N)c2nc3cc(C)c(C)cc3[nH]2)ccc1OCC(=O)Nc1ccc2ccccc2c1. The number of allylic oxidation sites excluding steroid dienone is 1. The first-order chi connectivity index (χ1) is 18.4. The lowest BCUT2D eigenvalue weighted by Crippen LogP contribution is -2.20. The largest absolute Gasteiger partial charge is 0.493 e. The molecule has 0 aliphatic carbocycles. The molecule has 38 heavy (non-hydrogen) atoms. The molecule has 1 aromatic heterocycles. The highest BCUT2D eigenvalue weighted by Gasteiger charge is 2.12. The van der Waals surface area contributed by atoms with Crippen LogP contribution in [0.25, 0.3) is 33.5 Å². The van der Waals surface area contributed by atoms with Crippen LogP contribution in [0.4, 0.5) is 5.69 Å². The standard InChI is InChI=1S/C31H26N4O3/c1-19-12-26-27(13-20(19)2)35-31(34-26)24(17-32)14-21-8-11-28(29(15-21)37-3)38-18-30(36)33-25-10-9-22-6-4-5-7-23(22)16-25/h4-16H,18H2,1-3H3,(H,33,36)(H,34,35)/b24-14+. The number of aromatic amines is 1. The van der Waals surface area contributed by atoms with Crippen molar-refractivity contribution in [1.29, 1.82) is 5.26 Å². The van der Waals surface area contributed by atoms with Gasteiger partial charge in [0.05, 0.1) is 23.7 Å². The van der Waals surface area contributed by atoms with Crippen LogP contribution >= 0.6 is 0 Å². The normalized spacial score (nSPS) is 11.4. The molecule has 1 heterocycles. The summed E-state index contributed by atoms with van der Waals surface area (Å²) in [4.78, 5) is 20.3. The van der Waals surface area contributed by atoms with Crippen molar-refractivity contribution in [3.05, 3.63) is 95.3 Å². The second-order valence-corrected chi connectivity index (χ2v) is 9.02. The molecule has 0 bridgehead atoms. The minimum atomic E-state index is -0.284. The smallest absolute Gasteiger partial charge is 0.262 e. The zero-order chi connectivity index (χ0) is 26.6. The van der Waals surface area contributed by atoms with Gasteiger partial charge in [0, 0.05) is 5.69 Å². The number of rotatable bonds is 7. The molecule has 0 spiro atoms. The number of imidazole rings is 1. The van der Waals surface area contributed by atoms with Gasteiger partial charge in [0.25, 0.3) is 5.91 Å². The lowest BCUT2D eigenvalue weighted by atomic mass is 10.1. The Kier molecular flexibility index (Phi) is 6.79. The molecule has 4 aromatic carbocycles. The first kappa shape index (κ1) is 24.6. The molecule has 0 unspecified atom stereocenters. The van der Waals surface area contributed by atoms with E-state index in [2.05, 4.69) is 21.4 Å². The van der Waals surface area contributed by atoms with Crippen LogP contribution in [0.1, 0.15) is 22.5 Å². The van der Waals surface area contributed by atoms with Crippen molar-refractivity contribution in [3.8, 4) is 17.6 Å². The van der Waals surface area contributed by atoms with Gasteiger partial charge in [0.2, 0.25) is 0 Å². The van der Waals surface area contributed by atoms with E-state index in [-0.39, 0.29) is 12.5 Å². The van der Waals surface area contributed by atoms with Gasteiger partial charge in [-0.1, -0.05) is 36.4 Å². The summed E-state index contributed by atoms with van der Waals surface area (Å²) in [5.74, 6) is 1.09. The van der Waals surface area contributed by atoms with Gasteiger partial charge in [-0.3, -0.25) is 4.79 Å². The summed E-state index contributed by atoms with van der Waals surface area (Å²) in [5, 5.41) is 14.8. The van der Waals surface area contributed by atoms with E-state index in [4.69, 9.17) is 9.47 Å². The number of H-pyrrole nitrogens is 1. The monoisotopic (exact) mass is 502 g/mol. The summed E-state index contributed by atoms with van der Waals surface area (Å²) in [6.07, 6.45) is 1.73. The highest BCUT2D eigenvalue weighted by molar-refractivity contribution is 5.95. The summed E-state index contributed by atoms with van der Waals surface area (Å²) >= 11 is 0. The van der Waals surface area contributed by atoms with Crippen molar-refractivity contribution in [1.82, 2.24) is 9.97 Å². The Bertz CT molecular complexity index is 1700. The number of nitrogens with zero attached hydrogens (tertiary/aromatic N) is 2. The van der Waals surface area contributed by atoms with Crippen LogP contribution in [0.5, 0.6) is 11.5 Å². The number of aryl methyl sites for hydroxylation is 2. The van der Waals surface area contributed by atoms with Crippen LogP contribution < -0.4 is 14.8 Å². The highest BCUT2D eigenvalue weighted by atomic mass is 16.5. The number of amides is 1. The van der Waals surface area contributed by atoms with Gasteiger partial charge in [-0.25, -0.2) is 4.98 Å². The fourth-order valence-electron chi connectivity index (χ4n) is 4.22. The molecule has 7 heteroatoms. The molecule has 188 valence electrons. The minimum absolute atomic E-state index is 0.181. The van der Waals surface area contributed by atoms with Crippen molar-refractivity contribution in [2.75, 3.05) is 19.0 Å².